The summed E-state index contributed by atoms with van der Waals surface area (Å²) in [7, 11) is 2.04. The quantitative estimate of drug-likeness (QED) is 0.351. The fourth-order valence-electron chi connectivity index (χ4n) is 3.84. The third-order valence-corrected chi connectivity index (χ3v) is 5.46. The van der Waals surface area contributed by atoms with Gasteiger partial charge in [-0.1, -0.05) is 20.8 Å². The van der Waals surface area contributed by atoms with Gasteiger partial charge in [0.05, 0.1) is 12.2 Å². The SMILES string of the molecule is CCNC(=NCc1c(CC)nn(C)c1CC)NC1CN(C(C)C)CC1C.I. The molecule has 0 saturated carbocycles. The first kappa shape index (κ1) is 24.2. The molecule has 0 amide bonds. The first-order valence-corrected chi connectivity index (χ1v) is 10.2. The van der Waals surface area contributed by atoms with Crippen molar-refractivity contribution in [1.82, 2.24) is 25.3 Å². The molecule has 1 aliphatic rings. The number of aromatic nitrogens is 2. The average Bonchev–Trinajstić information content (AvgIpc) is 3.12. The molecule has 2 N–H and O–H groups in total. The van der Waals surface area contributed by atoms with Gasteiger partial charge in [-0.3, -0.25) is 9.58 Å². The van der Waals surface area contributed by atoms with E-state index in [2.05, 4.69) is 62.2 Å². The van der Waals surface area contributed by atoms with Crippen LogP contribution in [0, 0.1) is 5.92 Å². The lowest BCUT2D eigenvalue weighted by molar-refractivity contribution is 0.265. The molecule has 1 saturated heterocycles. The molecule has 0 bridgehead atoms. The predicted molar refractivity (Wildman–Crippen MR) is 125 cm³/mol. The Hall–Kier alpha value is -0.830. The monoisotopic (exact) mass is 490 g/mol. The van der Waals surface area contributed by atoms with Gasteiger partial charge in [0, 0.05) is 50.0 Å². The van der Waals surface area contributed by atoms with Gasteiger partial charge in [0.1, 0.15) is 0 Å². The first-order valence-electron chi connectivity index (χ1n) is 10.2. The molecule has 0 aromatic carbocycles. The maximum absolute atomic E-state index is 4.90. The molecule has 2 atom stereocenters. The summed E-state index contributed by atoms with van der Waals surface area (Å²) in [5.74, 6) is 1.54. The Bertz CT molecular complexity index is 610. The van der Waals surface area contributed by atoms with Crippen molar-refractivity contribution in [3.63, 3.8) is 0 Å². The molecule has 1 aliphatic heterocycles. The Labute approximate surface area is 182 Å². The van der Waals surface area contributed by atoms with Gasteiger partial charge in [0.2, 0.25) is 0 Å². The highest BCUT2D eigenvalue weighted by atomic mass is 127. The number of halogens is 1. The first-order chi connectivity index (χ1) is 12.4. The van der Waals surface area contributed by atoms with Gasteiger partial charge in [-0.05, 0) is 39.5 Å². The van der Waals surface area contributed by atoms with Crippen molar-refractivity contribution in [2.24, 2.45) is 18.0 Å². The van der Waals surface area contributed by atoms with E-state index in [1.54, 1.807) is 0 Å². The van der Waals surface area contributed by atoms with E-state index in [0.717, 1.165) is 38.4 Å². The smallest absolute Gasteiger partial charge is 0.191 e. The van der Waals surface area contributed by atoms with Gasteiger partial charge < -0.3 is 10.6 Å². The lowest BCUT2D eigenvalue weighted by Gasteiger charge is -2.22. The van der Waals surface area contributed by atoms with Crippen LogP contribution in [0.3, 0.4) is 0 Å². The molecular weight excluding hydrogens is 451 g/mol. The summed E-state index contributed by atoms with van der Waals surface area (Å²) in [6, 6.07) is 1.04. The van der Waals surface area contributed by atoms with Gasteiger partial charge in [0.25, 0.3) is 0 Å². The molecule has 1 aromatic heterocycles. The fourth-order valence-corrected chi connectivity index (χ4v) is 3.84. The molecule has 6 nitrogen and oxygen atoms in total. The second-order valence-electron chi connectivity index (χ2n) is 7.67. The summed E-state index contributed by atoms with van der Waals surface area (Å²) < 4.78 is 2.02. The third-order valence-electron chi connectivity index (χ3n) is 5.46. The van der Waals surface area contributed by atoms with Crippen LogP contribution in [0.15, 0.2) is 4.99 Å². The molecular formula is C20H39IN6. The summed E-state index contributed by atoms with van der Waals surface area (Å²) in [6.07, 6.45) is 1.94. The minimum absolute atomic E-state index is 0. The van der Waals surface area contributed by atoms with Crippen LogP contribution in [0.5, 0.6) is 0 Å². The van der Waals surface area contributed by atoms with Crippen LogP contribution in [-0.2, 0) is 26.4 Å². The van der Waals surface area contributed by atoms with Crippen LogP contribution in [0.4, 0.5) is 0 Å². The molecule has 7 heteroatoms. The molecule has 156 valence electrons. The highest BCUT2D eigenvalue weighted by Crippen LogP contribution is 2.19. The second kappa shape index (κ2) is 11.2. The Morgan fingerprint density at radius 1 is 1.22 bits per heavy atom. The van der Waals surface area contributed by atoms with E-state index in [-0.39, 0.29) is 24.0 Å². The van der Waals surface area contributed by atoms with Crippen molar-refractivity contribution < 1.29 is 0 Å². The molecule has 0 spiro atoms. The van der Waals surface area contributed by atoms with Crippen LogP contribution >= 0.6 is 24.0 Å². The van der Waals surface area contributed by atoms with Crippen molar-refractivity contribution in [2.45, 2.75) is 73.0 Å². The van der Waals surface area contributed by atoms with Crippen LogP contribution in [0.25, 0.3) is 0 Å². The zero-order valence-electron chi connectivity index (χ0n) is 18.2. The number of likely N-dealkylation sites (tertiary alicyclic amines) is 1. The van der Waals surface area contributed by atoms with Crippen molar-refractivity contribution in [2.75, 3.05) is 19.6 Å². The van der Waals surface area contributed by atoms with Crippen LogP contribution < -0.4 is 10.6 Å². The maximum atomic E-state index is 4.90. The molecule has 2 rings (SSSR count). The Morgan fingerprint density at radius 2 is 1.93 bits per heavy atom. The number of aliphatic imine (C=N–C) groups is 1. The minimum atomic E-state index is 0. The predicted octanol–water partition coefficient (Wildman–Crippen LogP) is 2.95. The highest BCUT2D eigenvalue weighted by Gasteiger charge is 2.31. The number of nitrogens with zero attached hydrogens (tertiary/aromatic N) is 4. The van der Waals surface area contributed by atoms with Gasteiger partial charge >= 0.3 is 0 Å². The molecule has 27 heavy (non-hydrogen) atoms. The summed E-state index contributed by atoms with van der Waals surface area (Å²) >= 11 is 0. The van der Waals surface area contributed by atoms with Crippen molar-refractivity contribution in [1.29, 1.82) is 0 Å². The van der Waals surface area contributed by atoms with Gasteiger partial charge in [-0.2, -0.15) is 5.10 Å². The number of hydrogen-bond acceptors (Lipinski definition) is 3. The largest absolute Gasteiger partial charge is 0.357 e. The average molecular weight is 490 g/mol. The van der Waals surface area contributed by atoms with Gasteiger partial charge in [-0.25, -0.2) is 4.99 Å². The van der Waals surface area contributed by atoms with Gasteiger partial charge in [-0.15, -0.1) is 24.0 Å². The zero-order valence-corrected chi connectivity index (χ0v) is 20.5. The number of guanidine groups is 1. The lowest BCUT2D eigenvalue weighted by Crippen LogP contribution is -2.46. The summed E-state index contributed by atoms with van der Waals surface area (Å²) in [4.78, 5) is 7.44. The Morgan fingerprint density at radius 3 is 2.44 bits per heavy atom. The normalized spacial score (nSPS) is 20.8. The number of hydrogen-bond donors (Lipinski definition) is 2. The van der Waals surface area contributed by atoms with E-state index in [9.17, 15) is 0 Å². The molecule has 0 aliphatic carbocycles. The molecule has 1 fully saturated rings. The topological polar surface area (TPSA) is 57.5 Å². The third kappa shape index (κ3) is 6.07. The van der Waals surface area contributed by atoms with E-state index >= 15 is 0 Å². The fraction of sp³-hybridized carbons (Fsp3) is 0.800. The van der Waals surface area contributed by atoms with Crippen LogP contribution in [0.1, 0.15) is 58.5 Å². The van der Waals surface area contributed by atoms with Crippen molar-refractivity contribution in [3.8, 4) is 0 Å². The van der Waals surface area contributed by atoms with Crippen LogP contribution in [-0.4, -0.2) is 52.4 Å². The summed E-state index contributed by atoms with van der Waals surface area (Å²) in [5.41, 5.74) is 3.75. The minimum Gasteiger partial charge on any atom is -0.357 e. The standard InChI is InChI=1S/C20H38N6.HI/c1-8-17-16(19(9-2)25(7)24-17)11-22-20(21-10-3)23-18-13-26(14(4)5)12-15(18)6;/h14-15,18H,8-13H2,1-7H3,(H2,21,22,23);1H. The Balaban J connectivity index is 0.00000364. The molecule has 2 unspecified atom stereocenters. The van der Waals surface area contributed by atoms with E-state index in [1.807, 2.05) is 11.7 Å². The van der Waals surface area contributed by atoms with Gasteiger partial charge in [0.15, 0.2) is 5.96 Å². The van der Waals surface area contributed by atoms with E-state index in [4.69, 9.17) is 4.99 Å². The summed E-state index contributed by atoms with van der Waals surface area (Å²) in [6.45, 7) is 17.1. The highest BCUT2D eigenvalue weighted by molar-refractivity contribution is 14.0. The van der Waals surface area contributed by atoms with E-state index in [1.165, 1.54) is 17.0 Å². The molecule has 1 aromatic rings. The van der Waals surface area contributed by atoms with Crippen molar-refractivity contribution >= 4 is 29.9 Å². The van der Waals surface area contributed by atoms with Crippen molar-refractivity contribution in [3.05, 3.63) is 17.0 Å². The van der Waals surface area contributed by atoms with E-state index < -0.39 is 0 Å². The number of aryl methyl sites for hydroxylation is 2. The number of nitrogens with one attached hydrogen (secondary N) is 2. The Kier molecular flexibility index (Phi) is 10.1. The van der Waals surface area contributed by atoms with Crippen LogP contribution in [0.2, 0.25) is 0 Å². The number of rotatable bonds is 7. The molecule has 2 heterocycles. The molecule has 0 radical (unpaired) electrons. The maximum Gasteiger partial charge on any atom is 0.191 e. The summed E-state index contributed by atoms with van der Waals surface area (Å²) in [5, 5.41) is 11.8. The second-order valence-corrected chi connectivity index (χ2v) is 7.67. The lowest BCUT2D eigenvalue weighted by atomic mass is 10.1. The van der Waals surface area contributed by atoms with E-state index in [0.29, 0.717) is 24.5 Å². The zero-order chi connectivity index (χ0) is 19.3.